The summed E-state index contributed by atoms with van der Waals surface area (Å²) < 4.78 is 26.2. The maximum Gasteiger partial charge on any atom is 0.469 e. The standard InChI is InChI=1S/C39H63O8P/c1-3-5-7-9-11-13-15-17-19-21-23-25-27-29-31-33-38(40)45-35-37(36-46-48(42,43)44)47-39(41)34-32-30-28-26-24-22-20-18-16-14-12-10-8-6-4-2/h5-8,11-14,17-20,23,25,37H,3-4,9-10,15-16,21-22,24,26-36H2,1-2H3,(H2,42,43,44)/b7-5+,8-6+,13-11+,14-12+,19-17+,20-18+,25-23+/t37-/m1/s1. The third-order valence-corrected chi connectivity index (χ3v) is 7.39. The van der Waals surface area contributed by atoms with Crippen LogP contribution in [0.3, 0.4) is 0 Å². The number of carbonyl (C=O) groups excluding carboxylic acids is 2. The summed E-state index contributed by atoms with van der Waals surface area (Å²) in [6.45, 7) is 3.37. The van der Waals surface area contributed by atoms with Crippen molar-refractivity contribution < 1.29 is 37.9 Å². The van der Waals surface area contributed by atoms with Gasteiger partial charge in [-0.05, 0) is 83.5 Å². The van der Waals surface area contributed by atoms with Crippen LogP contribution < -0.4 is 0 Å². The molecule has 0 heterocycles. The van der Waals surface area contributed by atoms with Gasteiger partial charge in [0, 0.05) is 12.8 Å². The SMILES string of the molecule is CC/C=C/C/C=C/C/C=C/C/C=C/CCCCC(=O)OC[C@H](COP(=O)(O)O)OC(=O)CCCCCCC/C=C/C/C=C/C/C=C/CC. The van der Waals surface area contributed by atoms with Crippen LogP contribution in [-0.4, -0.2) is 41.0 Å². The van der Waals surface area contributed by atoms with Crippen molar-refractivity contribution in [2.24, 2.45) is 0 Å². The topological polar surface area (TPSA) is 119 Å². The van der Waals surface area contributed by atoms with E-state index >= 15 is 0 Å². The predicted molar refractivity (Wildman–Crippen MR) is 197 cm³/mol. The van der Waals surface area contributed by atoms with E-state index in [0.717, 1.165) is 89.9 Å². The molecule has 9 heteroatoms. The fourth-order valence-corrected chi connectivity index (χ4v) is 4.68. The molecule has 0 bridgehead atoms. The van der Waals surface area contributed by atoms with Crippen LogP contribution in [0.25, 0.3) is 0 Å². The number of esters is 2. The molecule has 8 nitrogen and oxygen atoms in total. The van der Waals surface area contributed by atoms with E-state index in [1.165, 1.54) is 0 Å². The molecule has 0 aliphatic rings. The Hall–Kier alpha value is -2.77. The number of hydrogen-bond donors (Lipinski definition) is 2. The lowest BCUT2D eigenvalue weighted by Crippen LogP contribution is -2.29. The van der Waals surface area contributed by atoms with Crippen LogP contribution in [0.4, 0.5) is 0 Å². The maximum absolute atomic E-state index is 12.3. The largest absolute Gasteiger partial charge is 0.469 e. The monoisotopic (exact) mass is 690 g/mol. The zero-order chi connectivity index (χ0) is 35.4. The molecule has 0 unspecified atom stereocenters. The van der Waals surface area contributed by atoms with Crippen LogP contribution in [0.15, 0.2) is 85.1 Å². The molecule has 0 aromatic heterocycles. The summed E-state index contributed by atoms with van der Waals surface area (Å²) in [6.07, 6.45) is 44.5. The van der Waals surface area contributed by atoms with Gasteiger partial charge in [-0.15, -0.1) is 0 Å². The average molecular weight is 691 g/mol. The Kier molecular flexibility index (Phi) is 32.1. The molecule has 0 aliphatic heterocycles. The van der Waals surface area contributed by atoms with Gasteiger partial charge in [-0.25, -0.2) is 4.57 Å². The Bertz CT molecular complexity index is 1050. The van der Waals surface area contributed by atoms with E-state index in [0.29, 0.717) is 12.8 Å². The van der Waals surface area contributed by atoms with Crippen molar-refractivity contribution in [1.29, 1.82) is 0 Å². The normalized spacial score (nSPS) is 13.5. The van der Waals surface area contributed by atoms with E-state index in [-0.39, 0.29) is 19.4 Å². The average Bonchev–Trinajstić information content (AvgIpc) is 3.05. The van der Waals surface area contributed by atoms with Crippen LogP contribution in [-0.2, 0) is 28.2 Å². The summed E-state index contributed by atoms with van der Waals surface area (Å²) in [5.74, 6) is -0.965. The van der Waals surface area contributed by atoms with E-state index < -0.39 is 32.5 Å². The summed E-state index contributed by atoms with van der Waals surface area (Å²) >= 11 is 0. The third kappa shape index (κ3) is 36.1. The second kappa shape index (κ2) is 34.1. The van der Waals surface area contributed by atoms with Gasteiger partial charge < -0.3 is 19.3 Å². The number of phosphoric ester groups is 1. The van der Waals surface area contributed by atoms with E-state index in [2.05, 4.69) is 103 Å². The molecule has 0 radical (unpaired) electrons. The fraction of sp³-hybridized carbons (Fsp3) is 0.590. The van der Waals surface area contributed by atoms with Crippen molar-refractivity contribution in [3.8, 4) is 0 Å². The Labute approximate surface area is 291 Å². The Morgan fingerprint density at radius 1 is 0.542 bits per heavy atom. The molecule has 0 amide bonds. The van der Waals surface area contributed by atoms with Crippen molar-refractivity contribution in [2.45, 2.75) is 136 Å². The highest BCUT2D eigenvalue weighted by molar-refractivity contribution is 7.46. The fourth-order valence-electron chi connectivity index (χ4n) is 4.32. The molecule has 0 aliphatic carbocycles. The summed E-state index contributed by atoms with van der Waals surface area (Å²) in [5, 5.41) is 0. The van der Waals surface area contributed by atoms with Crippen LogP contribution >= 0.6 is 7.82 Å². The molecule has 0 saturated heterocycles. The van der Waals surface area contributed by atoms with Crippen LogP contribution in [0.1, 0.15) is 129 Å². The molecular weight excluding hydrogens is 627 g/mol. The molecule has 2 N–H and O–H groups in total. The van der Waals surface area contributed by atoms with Crippen LogP contribution in [0.5, 0.6) is 0 Å². The first kappa shape index (κ1) is 45.2. The van der Waals surface area contributed by atoms with Gasteiger partial charge in [-0.3, -0.25) is 14.1 Å². The lowest BCUT2D eigenvalue weighted by molar-refractivity contribution is -0.161. The second-order valence-corrected chi connectivity index (χ2v) is 12.7. The van der Waals surface area contributed by atoms with Crippen molar-refractivity contribution in [3.05, 3.63) is 85.1 Å². The van der Waals surface area contributed by atoms with Crippen LogP contribution in [0, 0.1) is 0 Å². The molecule has 0 aromatic carbocycles. The van der Waals surface area contributed by atoms with Gasteiger partial charge in [0.2, 0.25) is 0 Å². The Balaban J connectivity index is 4.12. The van der Waals surface area contributed by atoms with Crippen molar-refractivity contribution in [2.75, 3.05) is 13.2 Å². The molecule has 0 spiro atoms. The Morgan fingerprint density at radius 3 is 1.44 bits per heavy atom. The highest BCUT2D eigenvalue weighted by Gasteiger charge is 2.22. The first-order valence-corrected chi connectivity index (χ1v) is 19.4. The molecule has 1 atom stereocenters. The maximum atomic E-state index is 12.3. The number of allylic oxidation sites excluding steroid dienone is 14. The van der Waals surface area contributed by atoms with Crippen molar-refractivity contribution in [1.82, 2.24) is 0 Å². The van der Waals surface area contributed by atoms with E-state index in [4.69, 9.17) is 19.3 Å². The molecule has 0 aromatic rings. The molecule has 272 valence electrons. The van der Waals surface area contributed by atoms with Crippen molar-refractivity contribution >= 4 is 19.8 Å². The van der Waals surface area contributed by atoms with E-state index in [1.54, 1.807) is 0 Å². The summed E-state index contributed by atoms with van der Waals surface area (Å²) in [7, 11) is -4.77. The zero-order valence-corrected chi connectivity index (χ0v) is 30.5. The molecule has 0 fully saturated rings. The zero-order valence-electron chi connectivity index (χ0n) is 29.6. The van der Waals surface area contributed by atoms with Gasteiger partial charge in [0.1, 0.15) is 6.61 Å². The van der Waals surface area contributed by atoms with Gasteiger partial charge in [-0.1, -0.05) is 118 Å². The van der Waals surface area contributed by atoms with Gasteiger partial charge in [0.15, 0.2) is 6.10 Å². The summed E-state index contributed by atoms with van der Waals surface area (Å²) in [6, 6.07) is 0. The van der Waals surface area contributed by atoms with Gasteiger partial charge in [0.05, 0.1) is 6.61 Å². The molecule has 48 heavy (non-hydrogen) atoms. The number of phosphoric acid groups is 1. The minimum Gasteiger partial charge on any atom is -0.462 e. The predicted octanol–water partition coefficient (Wildman–Crippen LogP) is 10.5. The number of rotatable bonds is 31. The third-order valence-electron chi connectivity index (χ3n) is 6.91. The minimum atomic E-state index is -4.77. The van der Waals surface area contributed by atoms with E-state index in [9.17, 15) is 14.2 Å². The second-order valence-electron chi connectivity index (χ2n) is 11.4. The molecular formula is C39H63O8P. The summed E-state index contributed by atoms with van der Waals surface area (Å²) in [5.41, 5.74) is 0. The first-order chi connectivity index (χ1) is 23.3. The molecule has 0 rings (SSSR count). The lowest BCUT2D eigenvalue weighted by atomic mass is 10.1. The van der Waals surface area contributed by atoms with Gasteiger partial charge >= 0.3 is 19.8 Å². The van der Waals surface area contributed by atoms with Crippen LogP contribution in [0.2, 0.25) is 0 Å². The van der Waals surface area contributed by atoms with E-state index in [1.807, 2.05) is 0 Å². The number of ether oxygens (including phenoxy) is 2. The minimum absolute atomic E-state index is 0.178. The smallest absolute Gasteiger partial charge is 0.462 e. The number of hydrogen-bond acceptors (Lipinski definition) is 6. The van der Waals surface area contributed by atoms with Crippen molar-refractivity contribution in [3.63, 3.8) is 0 Å². The molecule has 0 saturated carbocycles. The highest BCUT2D eigenvalue weighted by Crippen LogP contribution is 2.35. The summed E-state index contributed by atoms with van der Waals surface area (Å²) in [4.78, 5) is 42.6. The highest BCUT2D eigenvalue weighted by atomic mass is 31.2. The Morgan fingerprint density at radius 2 is 0.938 bits per heavy atom. The quantitative estimate of drug-likeness (QED) is 0.0319. The van der Waals surface area contributed by atoms with Gasteiger partial charge in [0.25, 0.3) is 0 Å². The lowest BCUT2D eigenvalue weighted by Gasteiger charge is -2.18. The first-order valence-electron chi connectivity index (χ1n) is 17.9. The van der Waals surface area contributed by atoms with Gasteiger partial charge in [-0.2, -0.15) is 0 Å². The number of carbonyl (C=O) groups is 2. The number of unbranched alkanes of at least 4 members (excludes halogenated alkanes) is 7.